The summed E-state index contributed by atoms with van der Waals surface area (Å²) in [4.78, 5) is 12.6. The Morgan fingerprint density at radius 3 is 2.40 bits per heavy atom. The van der Waals surface area contributed by atoms with Gasteiger partial charge in [-0.3, -0.25) is 9.10 Å². The molecule has 0 aromatic heterocycles. The summed E-state index contributed by atoms with van der Waals surface area (Å²) >= 11 is 0. The molecule has 8 heteroatoms. The molecule has 0 heterocycles. The van der Waals surface area contributed by atoms with E-state index in [0.29, 0.717) is 18.0 Å². The first kappa shape index (κ1) is 21.3. The molecule has 0 saturated carbocycles. The van der Waals surface area contributed by atoms with Gasteiger partial charge in [0, 0.05) is 11.8 Å². The van der Waals surface area contributed by atoms with Gasteiger partial charge in [-0.25, -0.2) is 12.8 Å². The van der Waals surface area contributed by atoms with Crippen LogP contribution in [0.15, 0.2) is 83.8 Å². The molecule has 0 spiro atoms. The zero-order chi connectivity index (χ0) is 21.6. The maximum absolute atomic E-state index is 14.4. The predicted molar refractivity (Wildman–Crippen MR) is 114 cm³/mol. The van der Waals surface area contributed by atoms with Crippen molar-refractivity contribution < 1.29 is 22.3 Å². The number of nitrogens with zero attached hydrogens (tertiary/aromatic N) is 1. The monoisotopic (exact) mass is 428 g/mol. The third-order valence-corrected chi connectivity index (χ3v) is 5.94. The first-order chi connectivity index (χ1) is 14.4. The number of anilines is 2. The highest BCUT2D eigenvalue weighted by Crippen LogP contribution is 2.26. The third-order valence-electron chi connectivity index (χ3n) is 4.17. The topological polar surface area (TPSA) is 75.7 Å². The van der Waals surface area contributed by atoms with Gasteiger partial charge in [-0.05, 0) is 43.3 Å². The standard InChI is InChI=1S/C22H21FN2O4S/c1-2-29-18-10-8-9-17(15-18)24-22(26)16-25(21-14-7-6-13-20(21)23)30(27,28)19-11-4-3-5-12-19/h3-15H,2,16H2,1H3,(H,24,26). The Morgan fingerprint density at radius 1 is 1.00 bits per heavy atom. The van der Waals surface area contributed by atoms with E-state index in [4.69, 9.17) is 4.74 Å². The Balaban J connectivity index is 1.91. The molecule has 30 heavy (non-hydrogen) atoms. The van der Waals surface area contributed by atoms with Crippen LogP contribution in [0, 0.1) is 5.82 Å². The summed E-state index contributed by atoms with van der Waals surface area (Å²) in [7, 11) is -4.17. The molecular formula is C22H21FN2O4S. The zero-order valence-corrected chi connectivity index (χ0v) is 17.1. The number of ether oxygens (including phenoxy) is 1. The largest absolute Gasteiger partial charge is 0.494 e. The SMILES string of the molecule is CCOc1cccc(NC(=O)CN(c2ccccc2F)S(=O)(=O)c2ccccc2)c1. The van der Waals surface area contributed by atoms with Crippen LogP contribution in [-0.2, 0) is 14.8 Å². The van der Waals surface area contributed by atoms with Gasteiger partial charge in [-0.2, -0.15) is 0 Å². The molecule has 0 aliphatic rings. The van der Waals surface area contributed by atoms with E-state index in [1.165, 1.54) is 30.3 Å². The van der Waals surface area contributed by atoms with Crippen LogP contribution >= 0.6 is 0 Å². The average Bonchev–Trinajstić information content (AvgIpc) is 2.74. The second-order valence-corrected chi connectivity index (χ2v) is 8.15. The summed E-state index contributed by atoms with van der Waals surface area (Å²) in [6.45, 7) is 1.71. The lowest BCUT2D eigenvalue weighted by Crippen LogP contribution is -2.38. The van der Waals surface area contributed by atoms with Crippen molar-refractivity contribution in [3.63, 3.8) is 0 Å². The van der Waals surface area contributed by atoms with Crippen LogP contribution in [0.1, 0.15) is 6.92 Å². The molecule has 3 rings (SSSR count). The number of benzene rings is 3. The molecule has 0 fully saturated rings. The molecule has 156 valence electrons. The van der Waals surface area contributed by atoms with Crippen molar-refractivity contribution >= 4 is 27.3 Å². The Bertz CT molecular complexity index is 1120. The molecular weight excluding hydrogens is 407 g/mol. The lowest BCUT2D eigenvalue weighted by Gasteiger charge is -2.24. The molecule has 0 radical (unpaired) electrons. The minimum atomic E-state index is -4.17. The quantitative estimate of drug-likeness (QED) is 0.587. The average molecular weight is 428 g/mol. The van der Waals surface area contributed by atoms with Gasteiger partial charge in [0.25, 0.3) is 10.0 Å². The number of rotatable bonds is 8. The predicted octanol–water partition coefficient (Wildman–Crippen LogP) is 4.06. The van der Waals surface area contributed by atoms with E-state index in [9.17, 15) is 17.6 Å². The lowest BCUT2D eigenvalue weighted by atomic mass is 10.3. The van der Waals surface area contributed by atoms with Gasteiger partial charge in [0.2, 0.25) is 5.91 Å². The molecule has 0 bridgehead atoms. The summed E-state index contributed by atoms with van der Waals surface area (Å²) in [5, 5.41) is 2.64. The first-order valence-corrected chi connectivity index (χ1v) is 10.7. The van der Waals surface area contributed by atoms with Crippen molar-refractivity contribution in [1.29, 1.82) is 0 Å². The summed E-state index contributed by atoms with van der Waals surface area (Å²) in [6, 6.07) is 19.7. The second-order valence-electron chi connectivity index (χ2n) is 6.29. The number of hydrogen-bond donors (Lipinski definition) is 1. The number of sulfonamides is 1. The summed E-state index contributed by atoms with van der Waals surface area (Å²) in [5.41, 5.74) is 0.233. The van der Waals surface area contributed by atoms with E-state index in [-0.39, 0.29) is 10.6 Å². The maximum atomic E-state index is 14.4. The highest BCUT2D eigenvalue weighted by Gasteiger charge is 2.29. The van der Waals surface area contributed by atoms with Crippen LogP contribution in [0.4, 0.5) is 15.8 Å². The molecule has 0 aliphatic carbocycles. The van der Waals surface area contributed by atoms with Crippen molar-refractivity contribution in [3.05, 3.63) is 84.7 Å². The van der Waals surface area contributed by atoms with E-state index in [0.717, 1.165) is 10.4 Å². The number of carbonyl (C=O) groups excluding carboxylic acids is 1. The Labute approximate surface area is 175 Å². The minimum absolute atomic E-state index is 0.0422. The Kier molecular flexibility index (Phi) is 6.68. The van der Waals surface area contributed by atoms with Gasteiger partial charge >= 0.3 is 0 Å². The Hall–Kier alpha value is -3.39. The number of hydrogen-bond acceptors (Lipinski definition) is 4. The smallest absolute Gasteiger partial charge is 0.264 e. The summed E-state index contributed by atoms with van der Waals surface area (Å²) in [6.07, 6.45) is 0. The van der Waals surface area contributed by atoms with Crippen molar-refractivity contribution in [3.8, 4) is 5.75 Å². The molecule has 1 amide bonds. The van der Waals surface area contributed by atoms with Crippen LogP contribution in [-0.4, -0.2) is 27.5 Å². The molecule has 0 aliphatic heterocycles. The van der Waals surface area contributed by atoms with Crippen LogP contribution < -0.4 is 14.4 Å². The molecule has 3 aromatic rings. The fraction of sp³-hybridized carbons (Fsp3) is 0.136. The minimum Gasteiger partial charge on any atom is -0.494 e. The van der Waals surface area contributed by atoms with Crippen molar-refractivity contribution in [2.75, 3.05) is 22.8 Å². The Morgan fingerprint density at radius 2 is 1.70 bits per heavy atom. The van der Waals surface area contributed by atoms with Crippen molar-refractivity contribution in [2.24, 2.45) is 0 Å². The van der Waals surface area contributed by atoms with E-state index < -0.39 is 28.3 Å². The molecule has 0 atom stereocenters. The van der Waals surface area contributed by atoms with Crippen LogP contribution in [0.25, 0.3) is 0 Å². The lowest BCUT2D eigenvalue weighted by molar-refractivity contribution is -0.114. The van der Waals surface area contributed by atoms with Crippen LogP contribution in [0.5, 0.6) is 5.75 Å². The third kappa shape index (κ3) is 4.96. The number of halogens is 1. The number of nitrogens with one attached hydrogen (secondary N) is 1. The highest BCUT2D eigenvalue weighted by molar-refractivity contribution is 7.92. The molecule has 3 aromatic carbocycles. The molecule has 0 unspecified atom stereocenters. The molecule has 0 saturated heterocycles. The fourth-order valence-electron chi connectivity index (χ4n) is 2.83. The van der Waals surface area contributed by atoms with Crippen LogP contribution in [0.3, 0.4) is 0 Å². The number of para-hydroxylation sites is 1. The van der Waals surface area contributed by atoms with E-state index in [2.05, 4.69) is 5.32 Å². The normalized spacial score (nSPS) is 11.0. The molecule has 6 nitrogen and oxygen atoms in total. The van der Waals surface area contributed by atoms with Gasteiger partial charge < -0.3 is 10.1 Å². The second kappa shape index (κ2) is 9.41. The maximum Gasteiger partial charge on any atom is 0.264 e. The van der Waals surface area contributed by atoms with E-state index in [1.807, 2.05) is 6.92 Å². The van der Waals surface area contributed by atoms with Crippen molar-refractivity contribution in [2.45, 2.75) is 11.8 Å². The molecule has 1 N–H and O–H groups in total. The van der Waals surface area contributed by atoms with E-state index >= 15 is 0 Å². The summed E-state index contributed by atoms with van der Waals surface area (Å²) in [5.74, 6) is -0.798. The van der Waals surface area contributed by atoms with Gasteiger partial charge in [0.1, 0.15) is 18.1 Å². The van der Waals surface area contributed by atoms with E-state index in [1.54, 1.807) is 42.5 Å². The van der Waals surface area contributed by atoms with Crippen LogP contribution in [0.2, 0.25) is 0 Å². The zero-order valence-electron chi connectivity index (χ0n) is 16.3. The van der Waals surface area contributed by atoms with Gasteiger partial charge in [0.15, 0.2) is 0 Å². The van der Waals surface area contributed by atoms with Gasteiger partial charge in [-0.1, -0.05) is 36.4 Å². The van der Waals surface area contributed by atoms with Gasteiger partial charge in [0.05, 0.1) is 17.2 Å². The van der Waals surface area contributed by atoms with Crippen molar-refractivity contribution in [1.82, 2.24) is 0 Å². The number of carbonyl (C=O) groups is 1. The summed E-state index contributed by atoms with van der Waals surface area (Å²) < 4.78 is 47.0. The fourth-order valence-corrected chi connectivity index (χ4v) is 4.28. The highest BCUT2D eigenvalue weighted by atomic mass is 32.2. The number of amides is 1. The first-order valence-electron chi connectivity index (χ1n) is 9.27. The van der Waals surface area contributed by atoms with Gasteiger partial charge in [-0.15, -0.1) is 0 Å².